The Morgan fingerprint density at radius 1 is 1.17 bits per heavy atom. The van der Waals surface area contributed by atoms with Crippen molar-refractivity contribution >= 4 is 27.3 Å². The summed E-state index contributed by atoms with van der Waals surface area (Å²) in [7, 11) is -3.69. The maximum absolute atomic E-state index is 12.5. The molecule has 24 heavy (non-hydrogen) atoms. The van der Waals surface area contributed by atoms with Crippen molar-refractivity contribution in [3.05, 3.63) is 48.0 Å². The molecule has 0 saturated carbocycles. The molecule has 1 aliphatic heterocycles. The quantitative estimate of drug-likeness (QED) is 0.927. The molecule has 6 nitrogen and oxygen atoms in total. The van der Waals surface area contributed by atoms with Crippen molar-refractivity contribution in [2.24, 2.45) is 0 Å². The molecule has 0 radical (unpaired) electrons. The Morgan fingerprint density at radius 2 is 1.88 bits per heavy atom. The van der Waals surface area contributed by atoms with E-state index < -0.39 is 10.0 Å². The highest BCUT2D eigenvalue weighted by Gasteiger charge is 2.22. The van der Waals surface area contributed by atoms with E-state index in [1.165, 1.54) is 6.92 Å². The third kappa shape index (κ3) is 3.21. The molecule has 126 valence electrons. The van der Waals surface area contributed by atoms with Gasteiger partial charge in [-0.1, -0.05) is 17.7 Å². The molecule has 0 spiro atoms. The molecule has 1 heterocycles. The lowest BCUT2D eigenvalue weighted by atomic mass is 10.2. The lowest BCUT2D eigenvalue weighted by Crippen LogP contribution is -2.36. The Bertz CT molecular complexity index is 876. The van der Waals surface area contributed by atoms with Crippen LogP contribution in [0.4, 0.5) is 11.4 Å². The van der Waals surface area contributed by atoms with Gasteiger partial charge in [-0.25, -0.2) is 8.42 Å². The molecule has 0 bridgehead atoms. The topological polar surface area (TPSA) is 75.7 Å². The van der Waals surface area contributed by atoms with Gasteiger partial charge in [-0.3, -0.25) is 9.52 Å². The molecule has 0 fully saturated rings. The third-order valence-electron chi connectivity index (χ3n) is 3.79. The molecule has 1 amide bonds. The number of hydrogen-bond donors (Lipinski definition) is 1. The molecule has 1 aliphatic rings. The zero-order chi connectivity index (χ0) is 17.3. The highest BCUT2D eigenvalue weighted by molar-refractivity contribution is 7.92. The molecular formula is C17H18N2O4S. The van der Waals surface area contributed by atoms with Crippen LogP contribution < -0.4 is 14.4 Å². The number of anilines is 2. The maximum atomic E-state index is 12.5. The first-order valence-corrected chi connectivity index (χ1v) is 8.99. The van der Waals surface area contributed by atoms with Crippen LogP contribution in [0.1, 0.15) is 12.5 Å². The van der Waals surface area contributed by atoms with E-state index >= 15 is 0 Å². The van der Waals surface area contributed by atoms with E-state index in [0.717, 1.165) is 5.56 Å². The van der Waals surface area contributed by atoms with Gasteiger partial charge in [0.1, 0.15) is 12.4 Å². The normalized spacial score (nSPS) is 13.8. The molecule has 2 aromatic carbocycles. The standard InChI is InChI=1S/C17H18N2O4S/c1-12-3-6-15(7-4-12)24(21,22)18-14-5-8-17-16(11-14)19(13(2)20)9-10-23-17/h3-8,11,18H,9-10H2,1-2H3. The summed E-state index contributed by atoms with van der Waals surface area (Å²) in [6, 6.07) is 11.5. The average molecular weight is 346 g/mol. The van der Waals surface area contributed by atoms with Gasteiger partial charge >= 0.3 is 0 Å². The highest BCUT2D eigenvalue weighted by atomic mass is 32.2. The summed E-state index contributed by atoms with van der Waals surface area (Å²) in [5.41, 5.74) is 1.93. The molecule has 0 aromatic heterocycles. The SMILES string of the molecule is CC(=O)N1CCOc2ccc(NS(=O)(=O)c3ccc(C)cc3)cc21. The largest absolute Gasteiger partial charge is 0.490 e. The summed E-state index contributed by atoms with van der Waals surface area (Å²) >= 11 is 0. The summed E-state index contributed by atoms with van der Waals surface area (Å²) in [4.78, 5) is 13.5. The van der Waals surface area contributed by atoms with E-state index in [-0.39, 0.29) is 10.8 Å². The fourth-order valence-corrected chi connectivity index (χ4v) is 3.59. The van der Waals surface area contributed by atoms with Gasteiger partial charge in [-0.2, -0.15) is 0 Å². The van der Waals surface area contributed by atoms with E-state index in [1.54, 1.807) is 47.4 Å². The van der Waals surface area contributed by atoms with Crippen LogP contribution in [0.5, 0.6) is 5.75 Å². The molecule has 0 saturated heterocycles. The molecule has 3 rings (SSSR count). The van der Waals surface area contributed by atoms with Crippen LogP contribution >= 0.6 is 0 Å². The van der Waals surface area contributed by atoms with Crippen LogP contribution in [-0.2, 0) is 14.8 Å². The fourth-order valence-electron chi connectivity index (χ4n) is 2.54. The zero-order valence-corrected chi connectivity index (χ0v) is 14.3. The van der Waals surface area contributed by atoms with Gasteiger partial charge in [0.15, 0.2) is 0 Å². The minimum atomic E-state index is -3.69. The van der Waals surface area contributed by atoms with E-state index in [0.29, 0.717) is 30.3 Å². The number of nitrogens with one attached hydrogen (secondary N) is 1. The number of carbonyl (C=O) groups is 1. The smallest absolute Gasteiger partial charge is 0.261 e. The number of hydrogen-bond acceptors (Lipinski definition) is 4. The second-order valence-corrected chi connectivity index (χ2v) is 7.30. The monoisotopic (exact) mass is 346 g/mol. The van der Waals surface area contributed by atoms with Crippen molar-refractivity contribution < 1.29 is 17.9 Å². The summed E-state index contributed by atoms with van der Waals surface area (Å²) in [5, 5.41) is 0. The Kier molecular flexibility index (Phi) is 4.19. The molecule has 2 aromatic rings. The number of amides is 1. The van der Waals surface area contributed by atoms with E-state index in [2.05, 4.69) is 4.72 Å². The van der Waals surface area contributed by atoms with E-state index in [4.69, 9.17) is 4.74 Å². The lowest BCUT2D eigenvalue weighted by molar-refractivity contribution is -0.116. The van der Waals surface area contributed by atoms with Crippen molar-refractivity contribution in [3.63, 3.8) is 0 Å². The van der Waals surface area contributed by atoms with Crippen molar-refractivity contribution in [2.45, 2.75) is 18.7 Å². The first kappa shape index (κ1) is 16.3. The van der Waals surface area contributed by atoms with Crippen molar-refractivity contribution in [2.75, 3.05) is 22.8 Å². The van der Waals surface area contributed by atoms with Crippen molar-refractivity contribution in [1.29, 1.82) is 0 Å². The van der Waals surface area contributed by atoms with Gasteiger partial charge in [-0.15, -0.1) is 0 Å². The van der Waals surface area contributed by atoms with Gasteiger partial charge in [0.25, 0.3) is 10.0 Å². The predicted molar refractivity (Wildman–Crippen MR) is 92.0 cm³/mol. The van der Waals surface area contributed by atoms with Crippen LogP contribution in [-0.4, -0.2) is 27.5 Å². The molecule has 0 aliphatic carbocycles. The number of benzene rings is 2. The minimum Gasteiger partial charge on any atom is -0.490 e. The van der Waals surface area contributed by atoms with Gasteiger partial charge in [-0.05, 0) is 37.3 Å². The predicted octanol–water partition coefficient (Wildman–Crippen LogP) is 2.54. The summed E-state index contributed by atoms with van der Waals surface area (Å²) < 4.78 is 33.0. The molecule has 1 N–H and O–H groups in total. The van der Waals surface area contributed by atoms with Crippen LogP contribution in [0, 0.1) is 6.92 Å². The minimum absolute atomic E-state index is 0.113. The second kappa shape index (κ2) is 6.16. The molecular weight excluding hydrogens is 328 g/mol. The molecule has 0 atom stereocenters. The molecule has 7 heteroatoms. The van der Waals surface area contributed by atoms with Gasteiger partial charge in [0.05, 0.1) is 22.8 Å². The average Bonchev–Trinajstić information content (AvgIpc) is 2.54. The van der Waals surface area contributed by atoms with Gasteiger partial charge in [0, 0.05) is 6.92 Å². The zero-order valence-electron chi connectivity index (χ0n) is 13.4. The van der Waals surface area contributed by atoms with Gasteiger partial charge in [0.2, 0.25) is 5.91 Å². The highest BCUT2D eigenvalue weighted by Crippen LogP contribution is 2.34. The first-order valence-electron chi connectivity index (χ1n) is 7.51. The van der Waals surface area contributed by atoms with Crippen LogP contribution in [0.3, 0.4) is 0 Å². The van der Waals surface area contributed by atoms with E-state index in [1.807, 2.05) is 6.92 Å². The number of aryl methyl sites for hydroxylation is 1. The number of fused-ring (bicyclic) bond motifs is 1. The summed E-state index contributed by atoms with van der Waals surface area (Å²) in [5.74, 6) is 0.452. The first-order chi connectivity index (χ1) is 11.4. The maximum Gasteiger partial charge on any atom is 0.261 e. The number of rotatable bonds is 3. The second-order valence-electron chi connectivity index (χ2n) is 5.62. The van der Waals surface area contributed by atoms with Crippen LogP contribution in [0.15, 0.2) is 47.4 Å². The Balaban J connectivity index is 1.92. The van der Waals surface area contributed by atoms with Gasteiger partial charge < -0.3 is 9.64 Å². The number of carbonyl (C=O) groups excluding carboxylic acids is 1. The summed E-state index contributed by atoms with van der Waals surface area (Å²) in [6.07, 6.45) is 0. The van der Waals surface area contributed by atoms with Crippen molar-refractivity contribution in [1.82, 2.24) is 0 Å². The molecule has 0 unspecified atom stereocenters. The van der Waals surface area contributed by atoms with Crippen molar-refractivity contribution in [3.8, 4) is 5.75 Å². The van der Waals surface area contributed by atoms with E-state index in [9.17, 15) is 13.2 Å². The van der Waals surface area contributed by atoms with Crippen LogP contribution in [0.2, 0.25) is 0 Å². The number of sulfonamides is 1. The number of nitrogens with zero attached hydrogens (tertiary/aromatic N) is 1. The number of ether oxygens (including phenoxy) is 1. The summed E-state index contributed by atoms with van der Waals surface area (Å²) in [6.45, 7) is 4.22. The fraction of sp³-hybridized carbons (Fsp3) is 0.235. The van der Waals surface area contributed by atoms with Crippen LogP contribution in [0.25, 0.3) is 0 Å². The Labute approximate surface area is 141 Å². The lowest BCUT2D eigenvalue weighted by Gasteiger charge is -2.29. The Hall–Kier alpha value is -2.54. The third-order valence-corrected chi connectivity index (χ3v) is 5.18. The Morgan fingerprint density at radius 3 is 2.54 bits per heavy atom.